The summed E-state index contributed by atoms with van der Waals surface area (Å²) in [6, 6.07) is 0. The second kappa shape index (κ2) is 7.32. The summed E-state index contributed by atoms with van der Waals surface area (Å²) in [6.07, 6.45) is 8.44. The number of aliphatic hydroxyl groups excluding tert-OH is 1. The van der Waals surface area contributed by atoms with Crippen molar-refractivity contribution in [1.29, 1.82) is 0 Å². The zero-order chi connectivity index (χ0) is 25.1. The first kappa shape index (κ1) is 25.2. The Balaban J connectivity index is 1.49. The molecule has 0 radical (unpaired) electrons. The van der Waals surface area contributed by atoms with Crippen LogP contribution in [-0.2, 0) is 9.53 Å². The van der Waals surface area contributed by atoms with E-state index in [1.165, 1.54) is 0 Å². The van der Waals surface area contributed by atoms with Crippen molar-refractivity contribution in [3.8, 4) is 0 Å². The molecule has 1 aliphatic heterocycles. The Kier molecular flexibility index (Phi) is 5.42. The molecule has 4 nitrogen and oxygen atoms in total. The minimum Gasteiger partial charge on any atom is -0.393 e. The SMILES string of the molecule is CC(C)(O)[C@@H]1CC[C@@](C)([C@H]2CC[C@]3(C)[C@@H]2C(=O)C[C@@H]2[C@@]4(C)CC[C@H](O)C(C)(C)[C@@H]4CC[C@]23C)O1. The van der Waals surface area contributed by atoms with Crippen LogP contribution in [0.4, 0.5) is 0 Å². The molecule has 0 amide bonds. The molecule has 4 aliphatic carbocycles. The van der Waals surface area contributed by atoms with E-state index in [2.05, 4.69) is 41.5 Å². The minimum atomic E-state index is -0.849. The number of fused-ring (bicyclic) bond motifs is 5. The largest absolute Gasteiger partial charge is 0.393 e. The van der Waals surface area contributed by atoms with Crippen LogP contribution in [0.15, 0.2) is 0 Å². The summed E-state index contributed by atoms with van der Waals surface area (Å²) >= 11 is 0. The van der Waals surface area contributed by atoms with Crippen molar-refractivity contribution < 1.29 is 19.7 Å². The summed E-state index contributed by atoms with van der Waals surface area (Å²) in [5, 5.41) is 21.5. The molecular weight excluding hydrogens is 424 g/mol. The Bertz CT molecular complexity index is 858. The van der Waals surface area contributed by atoms with E-state index < -0.39 is 5.60 Å². The summed E-state index contributed by atoms with van der Waals surface area (Å²) < 4.78 is 6.62. The first-order valence-electron chi connectivity index (χ1n) is 14.1. The molecule has 0 unspecified atom stereocenters. The van der Waals surface area contributed by atoms with E-state index in [9.17, 15) is 15.0 Å². The lowest BCUT2D eigenvalue weighted by Crippen LogP contribution is -2.66. The van der Waals surface area contributed by atoms with Crippen LogP contribution in [0.1, 0.15) is 113 Å². The second-order valence-electron chi connectivity index (χ2n) is 15.3. The highest BCUT2D eigenvalue weighted by molar-refractivity contribution is 5.84. The van der Waals surface area contributed by atoms with Gasteiger partial charge in [-0.25, -0.2) is 0 Å². The van der Waals surface area contributed by atoms with Crippen LogP contribution in [-0.4, -0.2) is 39.4 Å². The lowest BCUT2D eigenvalue weighted by molar-refractivity contribution is -0.222. The van der Waals surface area contributed by atoms with Crippen LogP contribution in [0.25, 0.3) is 0 Å². The van der Waals surface area contributed by atoms with Crippen molar-refractivity contribution in [2.24, 2.45) is 45.3 Å². The minimum absolute atomic E-state index is 0.00889. The van der Waals surface area contributed by atoms with E-state index in [-0.39, 0.29) is 51.3 Å². The number of hydrogen-bond donors (Lipinski definition) is 2. The number of ether oxygens (including phenoxy) is 1. The first-order chi connectivity index (χ1) is 15.5. The summed E-state index contributed by atoms with van der Waals surface area (Å²) in [5.74, 6) is 1.62. The van der Waals surface area contributed by atoms with Gasteiger partial charge in [0.25, 0.3) is 0 Å². The van der Waals surface area contributed by atoms with Crippen molar-refractivity contribution in [2.45, 2.75) is 137 Å². The molecule has 194 valence electrons. The number of Topliss-reactive ketones (excluding diaryl/α,β-unsaturated/α-hetero) is 1. The van der Waals surface area contributed by atoms with E-state index in [0.717, 1.165) is 51.4 Å². The molecule has 2 N–H and O–H groups in total. The third-order valence-electron chi connectivity index (χ3n) is 13.0. The molecule has 1 heterocycles. The molecule has 5 rings (SSSR count). The smallest absolute Gasteiger partial charge is 0.137 e. The van der Waals surface area contributed by atoms with Crippen LogP contribution in [0.3, 0.4) is 0 Å². The Labute approximate surface area is 207 Å². The average molecular weight is 475 g/mol. The summed E-state index contributed by atoms with van der Waals surface area (Å²) in [6.45, 7) is 17.9. The van der Waals surface area contributed by atoms with Gasteiger partial charge in [-0.05, 0) is 112 Å². The predicted molar refractivity (Wildman–Crippen MR) is 134 cm³/mol. The van der Waals surface area contributed by atoms with Crippen molar-refractivity contribution >= 4 is 5.78 Å². The maximum Gasteiger partial charge on any atom is 0.137 e. The number of carbonyl (C=O) groups excluding carboxylic acids is 1. The van der Waals surface area contributed by atoms with E-state index in [1.807, 2.05) is 13.8 Å². The molecule has 0 aromatic rings. The molecule has 34 heavy (non-hydrogen) atoms. The van der Waals surface area contributed by atoms with Gasteiger partial charge in [-0.2, -0.15) is 0 Å². The third kappa shape index (κ3) is 3.09. The Morgan fingerprint density at radius 3 is 2.12 bits per heavy atom. The van der Waals surface area contributed by atoms with Gasteiger partial charge in [0.05, 0.1) is 23.4 Å². The Hall–Kier alpha value is -0.450. The highest BCUT2D eigenvalue weighted by Gasteiger charge is 2.72. The van der Waals surface area contributed by atoms with Crippen molar-refractivity contribution in [3.05, 3.63) is 0 Å². The molecule has 1 saturated heterocycles. The molecule has 0 spiro atoms. The normalized spacial score (nSPS) is 54.9. The van der Waals surface area contributed by atoms with Gasteiger partial charge >= 0.3 is 0 Å². The van der Waals surface area contributed by atoms with Crippen LogP contribution in [0.2, 0.25) is 0 Å². The summed E-state index contributed by atoms with van der Waals surface area (Å²) in [4.78, 5) is 14.2. The van der Waals surface area contributed by atoms with E-state index in [4.69, 9.17) is 4.74 Å². The van der Waals surface area contributed by atoms with Gasteiger partial charge in [0.1, 0.15) is 5.78 Å². The molecule has 10 atom stereocenters. The monoisotopic (exact) mass is 474 g/mol. The lowest BCUT2D eigenvalue weighted by atomic mass is 9.35. The average Bonchev–Trinajstić information content (AvgIpc) is 3.30. The number of ketones is 1. The fourth-order valence-corrected chi connectivity index (χ4v) is 10.7. The van der Waals surface area contributed by atoms with Crippen LogP contribution < -0.4 is 0 Å². The number of rotatable bonds is 2. The third-order valence-corrected chi connectivity index (χ3v) is 13.0. The standard InChI is InChI=1S/C30H50O4/c1-25(2)20-10-15-28(6)21(27(20,5)13-11-22(25)32)17-19(31)24-18(9-14-29(24,28)7)30(8)16-12-23(34-30)26(3,4)33/h18,20-24,32-33H,9-17H2,1-8H3/t18-,20-,21+,22-,23-,24-,27-,28+,29+,30-/m0/s1. The fraction of sp³-hybridized carbons (Fsp3) is 0.967. The molecule has 5 aliphatic rings. The van der Waals surface area contributed by atoms with Crippen LogP contribution in [0, 0.1) is 45.3 Å². The van der Waals surface area contributed by atoms with Gasteiger partial charge in [0, 0.05) is 12.3 Å². The molecule has 0 bridgehead atoms. The van der Waals surface area contributed by atoms with E-state index >= 15 is 0 Å². The summed E-state index contributed by atoms with van der Waals surface area (Å²) in [7, 11) is 0. The fourth-order valence-electron chi connectivity index (χ4n) is 10.7. The molecular formula is C30H50O4. The lowest BCUT2D eigenvalue weighted by Gasteiger charge is -2.69. The molecule has 0 aromatic heterocycles. The van der Waals surface area contributed by atoms with Crippen molar-refractivity contribution in [1.82, 2.24) is 0 Å². The second-order valence-corrected chi connectivity index (χ2v) is 15.3. The van der Waals surface area contributed by atoms with Gasteiger partial charge in [0.15, 0.2) is 0 Å². The maximum atomic E-state index is 14.2. The van der Waals surface area contributed by atoms with Gasteiger partial charge in [0.2, 0.25) is 0 Å². The zero-order valence-corrected chi connectivity index (χ0v) is 23.0. The summed E-state index contributed by atoms with van der Waals surface area (Å²) in [5.41, 5.74) is -1.04. The highest BCUT2D eigenvalue weighted by Crippen LogP contribution is 2.75. The predicted octanol–water partition coefficient (Wildman–Crippen LogP) is 5.92. The number of hydrogen-bond acceptors (Lipinski definition) is 4. The van der Waals surface area contributed by atoms with Crippen LogP contribution >= 0.6 is 0 Å². The van der Waals surface area contributed by atoms with Gasteiger partial charge < -0.3 is 14.9 Å². The zero-order valence-electron chi connectivity index (χ0n) is 23.0. The quantitative estimate of drug-likeness (QED) is 0.521. The highest BCUT2D eigenvalue weighted by atomic mass is 16.5. The van der Waals surface area contributed by atoms with Crippen molar-refractivity contribution in [2.75, 3.05) is 0 Å². The number of aliphatic hydroxyl groups is 2. The van der Waals surface area contributed by atoms with Crippen LogP contribution in [0.5, 0.6) is 0 Å². The first-order valence-corrected chi connectivity index (χ1v) is 14.1. The molecule has 4 saturated carbocycles. The van der Waals surface area contributed by atoms with Gasteiger partial charge in [-0.3, -0.25) is 4.79 Å². The molecule has 0 aromatic carbocycles. The van der Waals surface area contributed by atoms with Crippen molar-refractivity contribution in [3.63, 3.8) is 0 Å². The van der Waals surface area contributed by atoms with E-state index in [0.29, 0.717) is 24.0 Å². The molecule has 5 fully saturated rings. The Morgan fingerprint density at radius 1 is 0.853 bits per heavy atom. The number of carbonyl (C=O) groups is 1. The van der Waals surface area contributed by atoms with Gasteiger partial charge in [-0.1, -0.05) is 34.6 Å². The topological polar surface area (TPSA) is 66.8 Å². The van der Waals surface area contributed by atoms with E-state index in [1.54, 1.807) is 0 Å². The Morgan fingerprint density at radius 2 is 1.50 bits per heavy atom. The molecule has 4 heteroatoms. The van der Waals surface area contributed by atoms with Gasteiger partial charge in [-0.15, -0.1) is 0 Å². The maximum absolute atomic E-state index is 14.2.